The highest BCUT2D eigenvalue weighted by molar-refractivity contribution is 7.00. The molecule has 3 aliphatic heterocycles. The van der Waals surface area contributed by atoms with Crippen LogP contribution in [-0.4, -0.2) is 12.3 Å². The molecule has 11 rings (SSSR count). The van der Waals surface area contributed by atoms with Crippen LogP contribution in [0.5, 0.6) is 0 Å². The Bertz CT molecular complexity index is 3370. The molecule has 4 heteroatoms. The van der Waals surface area contributed by atoms with E-state index in [0.29, 0.717) is 0 Å². The molecule has 2 atom stereocenters. The number of rotatable bonds is 4. The Morgan fingerprint density at radius 1 is 0.392 bits per heavy atom. The molecule has 3 nitrogen and oxygen atoms in total. The number of benzene rings is 7. The van der Waals surface area contributed by atoms with Crippen molar-refractivity contribution in [3.8, 4) is 11.1 Å². The molecule has 7 aromatic rings. The molecule has 0 amide bonds. The third kappa shape index (κ3) is 7.26. The van der Waals surface area contributed by atoms with Crippen molar-refractivity contribution in [2.75, 3.05) is 14.7 Å². The lowest BCUT2D eigenvalue weighted by atomic mass is 9.33. The Labute approximate surface area is 446 Å². The molecule has 2 unspecified atom stereocenters. The number of fused-ring (bicyclic) bond motifs is 7. The molecule has 0 bridgehead atoms. The van der Waals surface area contributed by atoms with Gasteiger partial charge in [0, 0.05) is 50.8 Å². The Morgan fingerprint density at radius 3 is 1.49 bits per heavy atom. The molecule has 380 valence electrons. The first-order valence-electron chi connectivity index (χ1n) is 27.8. The highest BCUT2D eigenvalue weighted by Gasteiger charge is 2.70. The van der Waals surface area contributed by atoms with Crippen LogP contribution in [0.25, 0.3) is 11.1 Å². The van der Waals surface area contributed by atoms with Crippen LogP contribution in [0.1, 0.15) is 165 Å². The number of para-hydroxylation sites is 1. The van der Waals surface area contributed by atoms with E-state index in [1.807, 2.05) is 0 Å². The summed E-state index contributed by atoms with van der Waals surface area (Å²) in [5.74, 6) is 0. The average molecular weight is 976 g/mol. The van der Waals surface area contributed by atoms with Gasteiger partial charge in [-0.1, -0.05) is 209 Å². The molecule has 74 heavy (non-hydrogen) atoms. The monoisotopic (exact) mass is 976 g/mol. The summed E-state index contributed by atoms with van der Waals surface area (Å²) < 4.78 is 0. The second-order valence-corrected chi connectivity index (χ2v) is 28.5. The lowest BCUT2D eigenvalue weighted by molar-refractivity contribution is -0.0415. The largest absolute Gasteiger partial charge is 0.334 e. The number of hydrogen-bond donors (Lipinski definition) is 0. The zero-order valence-corrected chi connectivity index (χ0v) is 48.2. The molecule has 0 N–H and O–H groups in total. The summed E-state index contributed by atoms with van der Waals surface area (Å²) in [6.07, 6.45) is 2.30. The van der Waals surface area contributed by atoms with Gasteiger partial charge in [0.25, 0.3) is 6.71 Å². The van der Waals surface area contributed by atoms with Gasteiger partial charge in [0.05, 0.1) is 11.2 Å². The van der Waals surface area contributed by atoms with Crippen LogP contribution in [0.3, 0.4) is 0 Å². The standard InChI is InChI=1S/C70H82BN3/c1-63(2,3)46-28-33-50(34-29-46)72-59-37-32-49(66(10,11)12)42-55(59)71-54-26-22-23-27-58(54)73(56-35-30-47(64(4,5)6)40-52(56)45-24-20-19-21-25-45)61-44-51(43-60(72)62(61)71)74-57-36-31-48(65(7,8)9)41-53(57)69(17)67(13,14)38-39-68(15,16)70(69,74)18/h19-37,40-44H,38-39H2,1-18H3. The van der Waals surface area contributed by atoms with Gasteiger partial charge in [0.1, 0.15) is 0 Å². The summed E-state index contributed by atoms with van der Waals surface area (Å²) in [5, 5.41) is 0. The van der Waals surface area contributed by atoms with Crippen molar-refractivity contribution >= 4 is 68.6 Å². The first-order valence-corrected chi connectivity index (χ1v) is 27.8. The van der Waals surface area contributed by atoms with Gasteiger partial charge in [-0.25, -0.2) is 0 Å². The Balaban J connectivity index is 1.30. The molecular weight excluding hydrogens is 894 g/mol. The smallest absolute Gasteiger partial charge is 0.252 e. The molecule has 4 aliphatic rings. The summed E-state index contributed by atoms with van der Waals surface area (Å²) >= 11 is 0. The fourth-order valence-corrected chi connectivity index (χ4v) is 14.1. The van der Waals surface area contributed by atoms with Gasteiger partial charge in [-0.05, 0) is 157 Å². The van der Waals surface area contributed by atoms with E-state index in [0.717, 1.165) is 6.42 Å². The van der Waals surface area contributed by atoms with Crippen LogP contribution in [0.2, 0.25) is 0 Å². The molecule has 3 heterocycles. The Hall–Kier alpha value is -6.00. The number of anilines is 8. The first kappa shape index (κ1) is 50.2. The molecule has 1 aliphatic carbocycles. The lowest BCUT2D eigenvalue weighted by Crippen LogP contribution is -2.69. The van der Waals surface area contributed by atoms with Crippen molar-refractivity contribution in [2.45, 2.75) is 170 Å². The second kappa shape index (κ2) is 16.3. The minimum absolute atomic E-state index is 0.00468. The second-order valence-electron chi connectivity index (χ2n) is 28.5. The van der Waals surface area contributed by atoms with Crippen molar-refractivity contribution in [3.63, 3.8) is 0 Å². The summed E-state index contributed by atoms with van der Waals surface area (Å²) in [5.41, 5.74) is 22.7. The highest BCUT2D eigenvalue weighted by atomic mass is 15.3. The summed E-state index contributed by atoms with van der Waals surface area (Å²) in [4.78, 5) is 8.16. The zero-order valence-electron chi connectivity index (χ0n) is 48.2. The third-order valence-electron chi connectivity index (χ3n) is 19.4. The van der Waals surface area contributed by atoms with Gasteiger partial charge in [-0.2, -0.15) is 0 Å². The minimum atomic E-state index is -0.310. The number of hydrogen-bond acceptors (Lipinski definition) is 3. The predicted octanol–water partition coefficient (Wildman–Crippen LogP) is 17.6. The van der Waals surface area contributed by atoms with Gasteiger partial charge in [-0.15, -0.1) is 0 Å². The van der Waals surface area contributed by atoms with Crippen LogP contribution in [-0.2, 0) is 27.1 Å². The topological polar surface area (TPSA) is 9.72 Å². The van der Waals surface area contributed by atoms with Crippen molar-refractivity contribution in [3.05, 3.63) is 173 Å². The van der Waals surface area contributed by atoms with E-state index in [9.17, 15) is 0 Å². The molecule has 0 radical (unpaired) electrons. The van der Waals surface area contributed by atoms with Crippen LogP contribution in [0.15, 0.2) is 146 Å². The molecule has 0 saturated heterocycles. The van der Waals surface area contributed by atoms with Crippen molar-refractivity contribution < 1.29 is 0 Å². The first-order chi connectivity index (χ1) is 34.5. The molecule has 7 aromatic carbocycles. The summed E-state index contributed by atoms with van der Waals surface area (Å²) in [7, 11) is 0. The molecule has 1 saturated carbocycles. The highest BCUT2D eigenvalue weighted by Crippen LogP contribution is 2.72. The summed E-state index contributed by atoms with van der Waals surface area (Å²) in [6, 6.07) is 57.5. The van der Waals surface area contributed by atoms with E-state index in [1.54, 1.807) is 0 Å². The van der Waals surface area contributed by atoms with Crippen molar-refractivity contribution in [1.29, 1.82) is 0 Å². The van der Waals surface area contributed by atoms with Gasteiger partial charge in [-0.3, -0.25) is 0 Å². The van der Waals surface area contributed by atoms with E-state index in [4.69, 9.17) is 0 Å². The lowest BCUT2D eigenvalue weighted by Gasteiger charge is -2.65. The maximum absolute atomic E-state index is 2.86. The van der Waals surface area contributed by atoms with Crippen LogP contribution in [0, 0.1) is 10.8 Å². The minimum Gasteiger partial charge on any atom is -0.334 e. The van der Waals surface area contributed by atoms with Gasteiger partial charge >= 0.3 is 0 Å². The van der Waals surface area contributed by atoms with E-state index < -0.39 is 0 Å². The predicted molar refractivity (Wildman–Crippen MR) is 322 cm³/mol. The van der Waals surface area contributed by atoms with E-state index >= 15 is 0 Å². The van der Waals surface area contributed by atoms with E-state index in [1.165, 1.54) is 107 Å². The Kier molecular flexibility index (Phi) is 11.0. The maximum Gasteiger partial charge on any atom is 0.252 e. The SMILES string of the molecule is CC(C)(C)c1ccc(N2c3ccc(C(C)(C)C)cc3B3c4ccccc4N(c4ccc(C(C)(C)C)cc4-c4ccccc4)c4cc(N5c6ccc(C(C)(C)C)cc6C6(C)C(C)(C)CCC(C)(C)C56C)cc2c43)cc1. The van der Waals surface area contributed by atoms with Crippen LogP contribution < -0.4 is 31.1 Å². The number of nitrogens with zero attached hydrogens (tertiary/aromatic N) is 3. The fraction of sp³-hybridized carbons (Fsp3) is 0.400. The quantitative estimate of drug-likeness (QED) is 0.163. The summed E-state index contributed by atoms with van der Waals surface area (Å²) in [6.45, 7) is 43.7. The third-order valence-corrected chi connectivity index (χ3v) is 19.4. The van der Waals surface area contributed by atoms with Crippen LogP contribution in [0.4, 0.5) is 45.5 Å². The Morgan fingerprint density at radius 2 is 0.878 bits per heavy atom. The molecule has 1 fully saturated rings. The van der Waals surface area contributed by atoms with Crippen LogP contribution >= 0.6 is 0 Å². The fourth-order valence-electron chi connectivity index (χ4n) is 14.1. The maximum atomic E-state index is 2.86. The van der Waals surface area contributed by atoms with Gasteiger partial charge in [0.15, 0.2) is 0 Å². The van der Waals surface area contributed by atoms with Gasteiger partial charge < -0.3 is 14.7 Å². The molecule has 0 spiro atoms. The van der Waals surface area contributed by atoms with E-state index in [2.05, 4.69) is 285 Å². The van der Waals surface area contributed by atoms with Crippen molar-refractivity contribution in [1.82, 2.24) is 0 Å². The van der Waals surface area contributed by atoms with E-state index in [-0.39, 0.29) is 50.2 Å². The zero-order chi connectivity index (χ0) is 53.1. The molecular formula is C70H82BN3. The normalized spacial score (nSPS) is 20.7. The average Bonchev–Trinajstić information content (AvgIpc) is 3.56. The van der Waals surface area contributed by atoms with Gasteiger partial charge in [0.2, 0.25) is 0 Å². The van der Waals surface area contributed by atoms with Crippen molar-refractivity contribution in [2.24, 2.45) is 10.8 Å². The molecule has 0 aromatic heterocycles.